The molecule has 2 rings (SSSR count). The van der Waals surface area contributed by atoms with E-state index in [0.717, 1.165) is 5.56 Å². The number of esters is 1. The molecule has 0 saturated carbocycles. The third kappa shape index (κ3) is 4.57. The Morgan fingerprint density at radius 3 is 1.92 bits per heavy atom. The Labute approximate surface area is 154 Å². The zero-order valence-electron chi connectivity index (χ0n) is 14.4. The van der Waals surface area contributed by atoms with Gasteiger partial charge in [-0.05, 0) is 39.7 Å². The molecule has 0 atom stereocenters. The van der Waals surface area contributed by atoms with E-state index in [0.29, 0.717) is 33.0 Å². The van der Waals surface area contributed by atoms with Gasteiger partial charge < -0.3 is 23.7 Å². The van der Waals surface area contributed by atoms with E-state index < -0.39 is 5.97 Å². The third-order valence-electron chi connectivity index (χ3n) is 3.47. The predicted molar refractivity (Wildman–Crippen MR) is 95.9 cm³/mol. The van der Waals surface area contributed by atoms with E-state index in [2.05, 4.69) is 15.9 Å². The number of carbonyl (C=O) groups excluding carboxylic acids is 1. The van der Waals surface area contributed by atoms with Gasteiger partial charge in [-0.3, -0.25) is 0 Å². The quantitative estimate of drug-likeness (QED) is 0.646. The molecule has 0 aliphatic rings. The molecule has 0 fully saturated rings. The summed E-state index contributed by atoms with van der Waals surface area (Å²) in [4.78, 5) is 12.5. The summed E-state index contributed by atoms with van der Waals surface area (Å²) in [5.41, 5.74) is 1.06. The Kier molecular flexibility index (Phi) is 6.52. The van der Waals surface area contributed by atoms with E-state index in [1.54, 1.807) is 44.6 Å². The number of ether oxygens (including phenoxy) is 5. The predicted octanol–water partition coefficient (Wildman–Crippen LogP) is 3.84. The molecule has 25 heavy (non-hydrogen) atoms. The van der Waals surface area contributed by atoms with Crippen molar-refractivity contribution in [1.82, 2.24) is 0 Å². The van der Waals surface area contributed by atoms with Crippen molar-refractivity contribution >= 4 is 21.9 Å². The van der Waals surface area contributed by atoms with Gasteiger partial charge in [0.25, 0.3) is 0 Å². The first-order chi connectivity index (χ1) is 12.0. The third-order valence-corrected chi connectivity index (χ3v) is 4.29. The fraction of sp³-hybridized carbons (Fsp3) is 0.278. The number of halogens is 1. The first kappa shape index (κ1) is 18.9. The lowest BCUT2D eigenvalue weighted by molar-refractivity contribution is 0.0470. The van der Waals surface area contributed by atoms with Crippen LogP contribution in [0.4, 0.5) is 0 Å². The van der Waals surface area contributed by atoms with E-state index in [1.165, 1.54) is 14.2 Å². The van der Waals surface area contributed by atoms with Crippen molar-refractivity contribution in [3.63, 3.8) is 0 Å². The molecular weight excluding hydrogens is 392 g/mol. The lowest BCUT2D eigenvalue weighted by Crippen LogP contribution is -2.07. The van der Waals surface area contributed by atoms with Gasteiger partial charge in [0.2, 0.25) is 0 Å². The summed E-state index contributed by atoms with van der Waals surface area (Å²) in [5.74, 6) is 1.71. The smallest absolute Gasteiger partial charge is 0.339 e. The second kappa shape index (κ2) is 8.62. The molecule has 0 aliphatic heterocycles. The zero-order valence-corrected chi connectivity index (χ0v) is 16.0. The average molecular weight is 411 g/mol. The summed E-state index contributed by atoms with van der Waals surface area (Å²) in [5, 5.41) is 0. The van der Waals surface area contributed by atoms with Crippen LogP contribution in [0.2, 0.25) is 0 Å². The topological polar surface area (TPSA) is 63.2 Å². The minimum absolute atomic E-state index is 0.0678. The molecule has 0 radical (unpaired) electrons. The lowest BCUT2D eigenvalue weighted by atomic mass is 10.2. The number of benzene rings is 2. The van der Waals surface area contributed by atoms with E-state index in [9.17, 15) is 4.79 Å². The van der Waals surface area contributed by atoms with Gasteiger partial charge in [-0.15, -0.1) is 0 Å². The van der Waals surface area contributed by atoms with Crippen LogP contribution in [-0.4, -0.2) is 34.4 Å². The Morgan fingerprint density at radius 1 is 0.840 bits per heavy atom. The first-order valence-electron chi connectivity index (χ1n) is 7.33. The van der Waals surface area contributed by atoms with Crippen LogP contribution in [0.3, 0.4) is 0 Å². The number of hydrogen-bond acceptors (Lipinski definition) is 6. The largest absolute Gasteiger partial charge is 0.497 e. The summed E-state index contributed by atoms with van der Waals surface area (Å²) in [6.45, 7) is 0.0678. The Bertz CT molecular complexity index is 737. The van der Waals surface area contributed by atoms with Gasteiger partial charge in [0, 0.05) is 12.1 Å². The van der Waals surface area contributed by atoms with Crippen LogP contribution in [0.1, 0.15) is 15.9 Å². The summed E-state index contributed by atoms with van der Waals surface area (Å²) in [6.07, 6.45) is 0. The highest BCUT2D eigenvalue weighted by Crippen LogP contribution is 2.34. The molecule has 0 spiro atoms. The van der Waals surface area contributed by atoms with Gasteiger partial charge in [0.05, 0.1) is 38.5 Å². The van der Waals surface area contributed by atoms with Crippen LogP contribution in [0.5, 0.6) is 23.0 Å². The normalized spacial score (nSPS) is 10.1. The first-order valence-corrected chi connectivity index (χ1v) is 8.12. The number of carbonyl (C=O) groups is 1. The van der Waals surface area contributed by atoms with Gasteiger partial charge in [-0.25, -0.2) is 4.79 Å². The van der Waals surface area contributed by atoms with Crippen molar-refractivity contribution in [3.05, 3.63) is 45.9 Å². The summed E-state index contributed by atoms with van der Waals surface area (Å²) >= 11 is 3.36. The van der Waals surface area contributed by atoms with Crippen molar-refractivity contribution in [2.75, 3.05) is 28.4 Å². The zero-order chi connectivity index (χ0) is 18.4. The number of rotatable bonds is 7. The fourth-order valence-corrected chi connectivity index (χ4v) is 2.72. The molecule has 0 amide bonds. The molecule has 7 heteroatoms. The summed E-state index contributed by atoms with van der Waals surface area (Å²) in [7, 11) is 6.14. The fourth-order valence-electron chi connectivity index (χ4n) is 2.16. The van der Waals surface area contributed by atoms with Gasteiger partial charge in [0.1, 0.15) is 29.6 Å². The van der Waals surface area contributed by atoms with Crippen LogP contribution in [0.25, 0.3) is 0 Å². The van der Waals surface area contributed by atoms with Gasteiger partial charge in [-0.2, -0.15) is 0 Å². The molecule has 134 valence electrons. The SMILES string of the molecule is COc1cc(COC(=O)c2cc(OC)cc(OC)c2Br)cc(OC)c1. The van der Waals surface area contributed by atoms with E-state index >= 15 is 0 Å². The highest BCUT2D eigenvalue weighted by Gasteiger charge is 2.18. The molecule has 0 heterocycles. The maximum Gasteiger partial charge on any atom is 0.339 e. The monoisotopic (exact) mass is 410 g/mol. The average Bonchev–Trinajstić information content (AvgIpc) is 2.65. The Balaban J connectivity index is 2.20. The second-order valence-electron chi connectivity index (χ2n) is 4.99. The van der Waals surface area contributed by atoms with Crippen molar-refractivity contribution in [3.8, 4) is 23.0 Å². The minimum Gasteiger partial charge on any atom is -0.497 e. The molecule has 0 saturated heterocycles. The van der Waals surface area contributed by atoms with Crippen LogP contribution in [0.15, 0.2) is 34.8 Å². The van der Waals surface area contributed by atoms with Gasteiger partial charge in [-0.1, -0.05) is 0 Å². The van der Waals surface area contributed by atoms with Crippen molar-refractivity contribution in [1.29, 1.82) is 0 Å². The van der Waals surface area contributed by atoms with Gasteiger partial charge in [0.15, 0.2) is 0 Å². The molecule has 0 aromatic heterocycles. The standard InChI is InChI=1S/C18H19BrO6/c1-21-12-5-11(6-13(7-12)22-2)10-25-18(20)15-8-14(23-3)9-16(24-4)17(15)19/h5-9H,10H2,1-4H3. The molecule has 2 aromatic rings. The van der Waals surface area contributed by atoms with Crippen LogP contribution in [0, 0.1) is 0 Å². The Hall–Kier alpha value is -2.41. The Morgan fingerprint density at radius 2 is 1.40 bits per heavy atom. The van der Waals surface area contributed by atoms with Crippen LogP contribution in [-0.2, 0) is 11.3 Å². The van der Waals surface area contributed by atoms with Crippen molar-refractivity contribution < 1.29 is 28.5 Å². The number of methoxy groups -OCH3 is 4. The van der Waals surface area contributed by atoms with Gasteiger partial charge >= 0.3 is 5.97 Å². The van der Waals surface area contributed by atoms with Crippen molar-refractivity contribution in [2.45, 2.75) is 6.61 Å². The highest BCUT2D eigenvalue weighted by molar-refractivity contribution is 9.10. The number of hydrogen-bond donors (Lipinski definition) is 0. The van der Waals surface area contributed by atoms with Crippen molar-refractivity contribution in [2.24, 2.45) is 0 Å². The van der Waals surface area contributed by atoms with E-state index in [4.69, 9.17) is 23.7 Å². The second-order valence-corrected chi connectivity index (χ2v) is 5.78. The molecule has 2 aromatic carbocycles. The molecule has 6 nitrogen and oxygen atoms in total. The van der Waals surface area contributed by atoms with Crippen LogP contribution >= 0.6 is 15.9 Å². The molecular formula is C18H19BrO6. The molecule has 0 bridgehead atoms. The highest BCUT2D eigenvalue weighted by atomic mass is 79.9. The maximum atomic E-state index is 12.5. The molecule has 0 aliphatic carbocycles. The summed E-state index contributed by atoms with van der Waals surface area (Å²) < 4.78 is 26.7. The van der Waals surface area contributed by atoms with E-state index in [1.807, 2.05) is 0 Å². The summed E-state index contributed by atoms with van der Waals surface area (Å²) in [6, 6.07) is 8.55. The maximum absolute atomic E-state index is 12.5. The van der Waals surface area contributed by atoms with E-state index in [-0.39, 0.29) is 6.61 Å². The van der Waals surface area contributed by atoms with Crippen LogP contribution < -0.4 is 18.9 Å². The molecule has 0 N–H and O–H groups in total. The molecule has 0 unspecified atom stereocenters. The lowest BCUT2D eigenvalue weighted by Gasteiger charge is -2.12. The minimum atomic E-state index is -0.508.